The van der Waals surface area contributed by atoms with Crippen molar-refractivity contribution < 1.29 is 9.59 Å². The van der Waals surface area contributed by atoms with E-state index in [2.05, 4.69) is 60.7 Å². The van der Waals surface area contributed by atoms with Gasteiger partial charge in [-0.2, -0.15) is 0 Å². The number of rotatable bonds is 12. The summed E-state index contributed by atoms with van der Waals surface area (Å²) in [7, 11) is 0. The molecule has 0 aliphatic rings. The predicted molar refractivity (Wildman–Crippen MR) is 112 cm³/mol. The van der Waals surface area contributed by atoms with E-state index in [0.29, 0.717) is 31.1 Å². The second-order valence-electron chi connectivity index (χ2n) is 11.3. The molecule has 0 aliphatic heterocycles. The molecule has 0 aromatic heterocycles. The maximum Gasteiger partial charge on any atom is 0.220 e. The first-order valence-electron chi connectivity index (χ1n) is 10.3. The van der Waals surface area contributed by atoms with E-state index in [1.807, 2.05) is 13.8 Å². The summed E-state index contributed by atoms with van der Waals surface area (Å²) in [4.78, 5) is 24.4. The van der Waals surface area contributed by atoms with Gasteiger partial charge in [-0.1, -0.05) is 69.2 Å². The van der Waals surface area contributed by atoms with Crippen molar-refractivity contribution in [2.24, 2.45) is 28.1 Å². The molecule has 26 heavy (non-hydrogen) atoms. The topological polar surface area (TPSA) is 46.2 Å². The molecule has 3 nitrogen and oxygen atoms in total. The normalized spacial score (nSPS) is 13.4. The Labute approximate surface area is 163 Å². The van der Waals surface area contributed by atoms with E-state index in [0.717, 1.165) is 19.3 Å². The summed E-state index contributed by atoms with van der Waals surface area (Å²) < 4.78 is 0. The lowest BCUT2D eigenvalue weighted by Crippen LogP contribution is -2.33. The van der Waals surface area contributed by atoms with Crippen LogP contribution in [-0.4, -0.2) is 18.2 Å². The fourth-order valence-corrected chi connectivity index (χ4v) is 4.34. The number of nitrogens with one attached hydrogen (secondary N) is 1. The second kappa shape index (κ2) is 9.90. The Kier molecular flexibility index (Phi) is 9.57. The molecular weight excluding hydrogens is 322 g/mol. The Morgan fingerprint density at radius 1 is 0.808 bits per heavy atom. The predicted octanol–water partition coefficient (Wildman–Crippen LogP) is 6.01. The van der Waals surface area contributed by atoms with E-state index in [-0.39, 0.29) is 28.1 Å². The van der Waals surface area contributed by atoms with Gasteiger partial charge in [0.2, 0.25) is 5.91 Å². The molecule has 0 fully saturated rings. The maximum atomic E-state index is 12.3. The first-order chi connectivity index (χ1) is 11.6. The van der Waals surface area contributed by atoms with E-state index in [1.165, 1.54) is 0 Å². The highest BCUT2D eigenvalue weighted by molar-refractivity contribution is 5.80. The van der Waals surface area contributed by atoms with Gasteiger partial charge in [-0.25, -0.2) is 0 Å². The molecule has 0 spiro atoms. The monoisotopic (exact) mass is 367 g/mol. The number of ketones is 1. The SMILES string of the molecule is CC(C)CC(C)(C)CC(=O)NCCC(C)(C)CC(C)(C)CC(=O)C(C)C. The van der Waals surface area contributed by atoms with Crippen LogP contribution in [-0.2, 0) is 9.59 Å². The van der Waals surface area contributed by atoms with Crippen molar-refractivity contribution in [2.75, 3.05) is 6.54 Å². The van der Waals surface area contributed by atoms with Gasteiger partial charge in [0.05, 0.1) is 0 Å². The fraction of sp³-hybridized carbons (Fsp3) is 0.913. The molecule has 0 aromatic rings. The Bertz CT molecular complexity index is 459. The lowest BCUT2D eigenvalue weighted by molar-refractivity contribution is -0.124. The first kappa shape index (κ1) is 25.1. The molecule has 0 heterocycles. The molecule has 0 saturated carbocycles. The standard InChI is InChI=1S/C23H45NO2/c1-17(2)13-22(7,8)15-20(26)24-12-11-21(5,6)16-23(9,10)14-19(25)18(3)4/h17-18H,11-16H2,1-10H3,(H,24,26). The van der Waals surface area contributed by atoms with Crippen molar-refractivity contribution in [1.82, 2.24) is 5.32 Å². The van der Waals surface area contributed by atoms with Gasteiger partial charge in [-0.3, -0.25) is 9.59 Å². The van der Waals surface area contributed by atoms with Crippen LogP contribution in [0, 0.1) is 28.1 Å². The van der Waals surface area contributed by atoms with Crippen LogP contribution >= 0.6 is 0 Å². The maximum absolute atomic E-state index is 12.3. The third-order valence-corrected chi connectivity index (χ3v) is 4.98. The van der Waals surface area contributed by atoms with Gasteiger partial charge < -0.3 is 5.32 Å². The van der Waals surface area contributed by atoms with Crippen molar-refractivity contribution in [1.29, 1.82) is 0 Å². The molecule has 0 unspecified atom stereocenters. The van der Waals surface area contributed by atoms with Crippen LogP contribution in [0.2, 0.25) is 0 Å². The van der Waals surface area contributed by atoms with Gasteiger partial charge in [0, 0.05) is 25.3 Å². The van der Waals surface area contributed by atoms with Gasteiger partial charge in [0.25, 0.3) is 0 Å². The van der Waals surface area contributed by atoms with Gasteiger partial charge in [-0.05, 0) is 41.4 Å². The van der Waals surface area contributed by atoms with Gasteiger partial charge in [0.1, 0.15) is 5.78 Å². The van der Waals surface area contributed by atoms with Crippen LogP contribution in [0.3, 0.4) is 0 Å². The quantitative estimate of drug-likeness (QED) is 0.459. The fourth-order valence-electron chi connectivity index (χ4n) is 4.34. The molecule has 0 bridgehead atoms. The molecule has 154 valence electrons. The van der Waals surface area contributed by atoms with Crippen LogP contribution in [0.15, 0.2) is 0 Å². The lowest BCUT2D eigenvalue weighted by atomic mass is 9.70. The molecule has 0 rings (SSSR count). The summed E-state index contributed by atoms with van der Waals surface area (Å²) in [6.45, 7) is 22.2. The Hall–Kier alpha value is -0.860. The molecule has 0 aliphatic carbocycles. The molecular formula is C23H45NO2. The third-order valence-electron chi connectivity index (χ3n) is 4.98. The Morgan fingerprint density at radius 2 is 1.35 bits per heavy atom. The largest absolute Gasteiger partial charge is 0.356 e. The minimum absolute atomic E-state index is 0.00584. The Morgan fingerprint density at radius 3 is 1.81 bits per heavy atom. The summed E-state index contributed by atoms with van der Waals surface area (Å²) in [5.41, 5.74) is 0.141. The van der Waals surface area contributed by atoms with Gasteiger partial charge in [0.15, 0.2) is 0 Å². The zero-order valence-corrected chi connectivity index (χ0v) is 19.2. The van der Waals surface area contributed by atoms with Gasteiger partial charge in [-0.15, -0.1) is 0 Å². The van der Waals surface area contributed by atoms with E-state index < -0.39 is 0 Å². The minimum Gasteiger partial charge on any atom is -0.356 e. The van der Waals surface area contributed by atoms with Crippen LogP contribution in [0.4, 0.5) is 0 Å². The summed E-state index contributed by atoms with van der Waals surface area (Å²) in [5.74, 6) is 1.20. The van der Waals surface area contributed by atoms with Gasteiger partial charge >= 0.3 is 0 Å². The molecule has 1 amide bonds. The van der Waals surface area contributed by atoms with Crippen molar-refractivity contribution >= 4 is 11.7 Å². The zero-order valence-electron chi connectivity index (χ0n) is 19.2. The highest BCUT2D eigenvalue weighted by Crippen LogP contribution is 2.39. The summed E-state index contributed by atoms with van der Waals surface area (Å²) in [5, 5.41) is 3.11. The minimum atomic E-state index is -0.00584. The number of hydrogen-bond donors (Lipinski definition) is 1. The lowest BCUT2D eigenvalue weighted by Gasteiger charge is -2.35. The highest BCUT2D eigenvalue weighted by atomic mass is 16.1. The first-order valence-corrected chi connectivity index (χ1v) is 10.3. The molecule has 0 saturated heterocycles. The third kappa shape index (κ3) is 11.7. The van der Waals surface area contributed by atoms with Crippen molar-refractivity contribution in [3.63, 3.8) is 0 Å². The Balaban J connectivity index is 4.43. The van der Waals surface area contributed by atoms with E-state index in [4.69, 9.17) is 0 Å². The van der Waals surface area contributed by atoms with Crippen molar-refractivity contribution in [2.45, 2.75) is 101 Å². The van der Waals surface area contributed by atoms with E-state index in [1.54, 1.807) is 0 Å². The number of amides is 1. The van der Waals surface area contributed by atoms with Crippen LogP contribution in [0.5, 0.6) is 0 Å². The highest BCUT2D eigenvalue weighted by Gasteiger charge is 2.31. The molecule has 0 atom stereocenters. The summed E-state index contributed by atoms with van der Waals surface area (Å²) >= 11 is 0. The average molecular weight is 368 g/mol. The van der Waals surface area contributed by atoms with Crippen molar-refractivity contribution in [3.8, 4) is 0 Å². The number of carbonyl (C=O) groups excluding carboxylic acids is 2. The van der Waals surface area contributed by atoms with Crippen LogP contribution in [0.1, 0.15) is 101 Å². The zero-order chi connectivity index (χ0) is 20.8. The number of Topliss-reactive ketones (excluding diaryl/α,β-unsaturated/α-hetero) is 1. The summed E-state index contributed by atoms with van der Waals surface area (Å²) in [6.07, 6.45) is 4.18. The van der Waals surface area contributed by atoms with Crippen molar-refractivity contribution in [3.05, 3.63) is 0 Å². The molecule has 0 radical (unpaired) electrons. The number of carbonyl (C=O) groups is 2. The van der Waals surface area contributed by atoms with Crippen LogP contribution in [0.25, 0.3) is 0 Å². The second-order valence-corrected chi connectivity index (χ2v) is 11.3. The van der Waals surface area contributed by atoms with E-state index in [9.17, 15) is 9.59 Å². The van der Waals surface area contributed by atoms with E-state index >= 15 is 0 Å². The molecule has 3 heteroatoms. The molecule has 1 N–H and O–H groups in total. The molecule has 0 aromatic carbocycles. The average Bonchev–Trinajstić information content (AvgIpc) is 2.32. The smallest absolute Gasteiger partial charge is 0.220 e. The summed E-state index contributed by atoms with van der Waals surface area (Å²) in [6, 6.07) is 0. The van der Waals surface area contributed by atoms with Crippen LogP contribution < -0.4 is 5.32 Å². The number of hydrogen-bond acceptors (Lipinski definition) is 2.